The molecule has 0 radical (unpaired) electrons. The van der Waals surface area contributed by atoms with E-state index in [4.69, 9.17) is 16.0 Å². The number of aryl methyl sites for hydroxylation is 1. The Morgan fingerprint density at radius 3 is 2.33 bits per heavy atom. The molecule has 1 aliphatic rings. The predicted molar refractivity (Wildman–Crippen MR) is 127 cm³/mol. The zero-order chi connectivity index (χ0) is 22.8. The van der Waals surface area contributed by atoms with E-state index >= 15 is 0 Å². The van der Waals surface area contributed by atoms with E-state index in [-0.39, 0.29) is 5.91 Å². The Bertz CT molecular complexity index is 1260. The highest BCUT2D eigenvalue weighted by Crippen LogP contribution is 2.26. The van der Waals surface area contributed by atoms with Crippen LogP contribution in [0.1, 0.15) is 15.9 Å². The molecule has 2 aromatic heterocycles. The fraction of sp³-hybridized carbons (Fsp3) is 0.200. The summed E-state index contributed by atoms with van der Waals surface area (Å²) in [7, 11) is 0. The van der Waals surface area contributed by atoms with Gasteiger partial charge in [0.1, 0.15) is 5.82 Å². The van der Waals surface area contributed by atoms with E-state index in [0.29, 0.717) is 35.5 Å². The Balaban J connectivity index is 1.24. The Morgan fingerprint density at radius 1 is 0.909 bits per heavy atom. The molecule has 3 heterocycles. The van der Waals surface area contributed by atoms with Gasteiger partial charge in [-0.2, -0.15) is 0 Å². The molecular weight excluding hydrogens is 438 g/mol. The van der Waals surface area contributed by atoms with Crippen LogP contribution in [0.3, 0.4) is 0 Å². The van der Waals surface area contributed by atoms with Gasteiger partial charge in [-0.3, -0.25) is 4.79 Å². The minimum Gasteiger partial charge on any atom is -0.416 e. The summed E-state index contributed by atoms with van der Waals surface area (Å²) in [6, 6.07) is 18.9. The van der Waals surface area contributed by atoms with Crippen LogP contribution in [0, 0.1) is 6.92 Å². The molecule has 4 aromatic rings. The fourth-order valence-electron chi connectivity index (χ4n) is 3.89. The first-order chi connectivity index (χ1) is 16.1. The van der Waals surface area contributed by atoms with E-state index in [9.17, 15) is 4.79 Å². The number of anilines is 1. The average molecular weight is 460 g/mol. The molecular formula is C25H22ClN5O2. The van der Waals surface area contributed by atoms with Crippen LogP contribution >= 0.6 is 11.6 Å². The Morgan fingerprint density at radius 2 is 1.64 bits per heavy atom. The highest BCUT2D eigenvalue weighted by molar-refractivity contribution is 6.30. The monoisotopic (exact) mass is 459 g/mol. The van der Waals surface area contributed by atoms with E-state index < -0.39 is 0 Å². The van der Waals surface area contributed by atoms with Gasteiger partial charge in [-0.15, -0.1) is 10.2 Å². The lowest BCUT2D eigenvalue weighted by molar-refractivity contribution is 0.0746. The molecule has 166 valence electrons. The minimum absolute atomic E-state index is 0.0105. The lowest BCUT2D eigenvalue weighted by atomic mass is 10.1. The second-order valence-electron chi connectivity index (χ2n) is 7.92. The van der Waals surface area contributed by atoms with Crippen molar-refractivity contribution < 1.29 is 9.21 Å². The summed E-state index contributed by atoms with van der Waals surface area (Å²) in [6.07, 6.45) is 1.64. The molecule has 0 N–H and O–H groups in total. The van der Waals surface area contributed by atoms with Crippen LogP contribution in [0.15, 0.2) is 71.3 Å². The third-order valence-corrected chi connectivity index (χ3v) is 6.01. The second kappa shape index (κ2) is 9.03. The number of nitrogens with zero attached hydrogens (tertiary/aromatic N) is 5. The van der Waals surface area contributed by atoms with Gasteiger partial charge in [0.05, 0.1) is 5.02 Å². The third kappa shape index (κ3) is 4.45. The fourth-order valence-corrected chi connectivity index (χ4v) is 4.01. The van der Waals surface area contributed by atoms with E-state index in [1.165, 1.54) is 0 Å². The number of halogens is 1. The van der Waals surface area contributed by atoms with Gasteiger partial charge in [0.25, 0.3) is 5.91 Å². The van der Waals surface area contributed by atoms with Crippen molar-refractivity contribution in [2.24, 2.45) is 0 Å². The molecule has 0 aliphatic carbocycles. The zero-order valence-corrected chi connectivity index (χ0v) is 18.9. The van der Waals surface area contributed by atoms with Gasteiger partial charge < -0.3 is 14.2 Å². The number of hydrogen-bond donors (Lipinski definition) is 0. The summed E-state index contributed by atoms with van der Waals surface area (Å²) in [5.41, 5.74) is 3.39. The SMILES string of the molecule is Cc1ccccc1-c1nnc(-c2ccc(C(=O)N3CCN(c4ccc(Cl)cn4)CC3)cc2)o1. The number of amides is 1. The van der Waals surface area contributed by atoms with Gasteiger partial charge in [-0.25, -0.2) is 4.98 Å². The first-order valence-corrected chi connectivity index (χ1v) is 11.1. The van der Waals surface area contributed by atoms with Crippen molar-refractivity contribution in [2.75, 3.05) is 31.1 Å². The van der Waals surface area contributed by atoms with Gasteiger partial charge in [0, 0.05) is 49.1 Å². The number of hydrogen-bond acceptors (Lipinski definition) is 6. The van der Waals surface area contributed by atoms with Crippen molar-refractivity contribution in [3.05, 3.63) is 83.0 Å². The summed E-state index contributed by atoms with van der Waals surface area (Å²) in [4.78, 5) is 21.4. The molecule has 33 heavy (non-hydrogen) atoms. The topological polar surface area (TPSA) is 75.4 Å². The number of rotatable bonds is 4. The van der Waals surface area contributed by atoms with Crippen LogP contribution in [-0.2, 0) is 0 Å². The average Bonchev–Trinajstić information content (AvgIpc) is 3.35. The van der Waals surface area contributed by atoms with Gasteiger partial charge >= 0.3 is 0 Å². The van der Waals surface area contributed by atoms with Crippen molar-refractivity contribution in [1.82, 2.24) is 20.1 Å². The second-order valence-corrected chi connectivity index (χ2v) is 8.35. The number of carbonyl (C=O) groups excluding carboxylic acids is 1. The maximum absolute atomic E-state index is 13.0. The van der Waals surface area contributed by atoms with Crippen LogP contribution in [0.25, 0.3) is 22.9 Å². The standard InChI is InChI=1S/C25H22ClN5O2/c1-17-4-2-3-5-21(17)24-29-28-23(33-24)18-6-8-19(9-7-18)25(32)31-14-12-30(13-15-31)22-11-10-20(26)16-27-22/h2-11,16H,12-15H2,1H3. The van der Waals surface area contributed by atoms with Gasteiger partial charge in [0.15, 0.2) is 0 Å². The van der Waals surface area contributed by atoms with E-state index in [1.54, 1.807) is 6.20 Å². The predicted octanol–water partition coefficient (Wildman–Crippen LogP) is 4.72. The largest absolute Gasteiger partial charge is 0.416 e. The summed E-state index contributed by atoms with van der Waals surface area (Å²) < 4.78 is 5.88. The molecule has 0 spiro atoms. The highest BCUT2D eigenvalue weighted by Gasteiger charge is 2.23. The number of benzene rings is 2. The lowest BCUT2D eigenvalue weighted by Gasteiger charge is -2.35. The van der Waals surface area contributed by atoms with E-state index in [0.717, 1.165) is 35.6 Å². The van der Waals surface area contributed by atoms with Crippen LogP contribution in [0.5, 0.6) is 0 Å². The summed E-state index contributed by atoms with van der Waals surface area (Å²) in [5.74, 6) is 1.80. The molecule has 8 heteroatoms. The number of carbonyl (C=O) groups is 1. The molecule has 0 bridgehead atoms. The van der Waals surface area contributed by atoms with Crippen LogP contribution in [0.2, 0.25) is 5.02 Å². The van der Waals surface area contributed by atoms with Crippen LogP contribution in [0.4, 0.5) is 5.82 Å². The molecule has 1 saturated heterocycles. The first kappa shape index (κ1) is 21.2. The molecule has 0 atom stereocenters. The molecule has 7 nitrogen and oxygen atoms in total. The summed E-state index contributed by atoms with van der Waals surface area (Å²) in [6.45, 7) is 4.72. The zero-order valence-electron chi connectivity index (χ0n) is 18.1. The van der Waals surface area contributed by atoms with E-state index in [2.05, 4.69) is 20.1 Å². The molecule has 5 rings (SSSR count). The third-order valence-electron chi connectivity index (χ3n) is 5.78. The van der Waals surface area contributed by atoms with Crippen LogP contribution in [-0.4, -0.2) is 52.2 Å². The first-order valence-electron chi connectivity index (χ1n) is 10.7. The number of pyridine rings is 1. The van der Waals surface area contributed by atoms with Crippen molar-refractivity contribution in [1.29, 1.82) is 0 Å². The smallest absolute Gasteiger partial charge is 0.253 e. The molecule has 0 unspecified atom stereocenters. The normalized spacial score (nSPS) is 13.9. The van der Waals surface area contributed by atoms with Crippen molar-refractivity contribution in [3.63, 3.8) is 0 Å². The van der Waals surface area contributed by atoms with Crippen molar-refractivity contribution in [2.45, 2.75) is 6.92 Å². The lowest BCUT2D eigenvalue weighted by Crippen LogP contribution is -2.49. The van der Waals surface area contributed by atoms with Gasteiger partial charge in [-0.1, -0.05) is 29.8 Å². The summed E-state index contributed by atoms with van der Waals surface area (Å²) in [5, 5.41) is 8.98. The van der Waals surface area contributed by atoms with Gasteiger partial charge in [0.2, 0.25) is 11.8 Å². The maximum Gasteiger partial charge on any atom is 0.253 e. The maximum atomic E-state index is 13.0. The van der Waals surface area contributed by atoms with Crippen molar-refractivity contribution in [3.8, 4) is 22.9 Å². The van der Waals surface area contributed by atoms with Crippen molar-refractivity contribution >= 4 is 23.3 Å². The summed E-state index contributed by atoms with van der Waals surface area (Å²) >= 11 is 5.92. The number of piperazine rings is 1. The Kier molecular flexibility index (Phi) is 5.79. The number of aromatic nitrogens is 3. The highest BCUT2D eigenvalue weighted by atomic mass is 35.5. The molecule has 1 fully saturated rings. The van der Waals surface area contributed by atoms with E-state index in [1.807, 2.05) is 72.5 Å². The molecule has 0 saturated carbocycles. The Labute approximate surface area is 196 Å². The van der Waals surface area contributed by atoms with Gasteiger partial charge in [-0.05, 0) is 55.0 Å². The molecule has 2 aromatic carbocycles. The quantitative estimate of drug-likeness (QED) is 0.439. The Hall–Kier alpha value is -3.71. The molecule has 1 aliphatic heterocycles. The van der Waals surface area contributed by atoms with Crippen LogP contribution < -0.4 is 4.90 Å². The minimum atomic E-state index is 0.0105. The molecule has 1 amide bonds.